The van der Waals surface area contributed by atoms with E-state index in [4.69, 9.17) is 27.1 Å². The summed E-state index contributed by atoms with van der Waals surface area (Å²) in [6.07, 6.45) is 16.7. The first-order valence-corrected chi connectivity index (χ1v) is 14.3. The van der Waals surface area contributed by atoms with E-state index in [0.717, 1.165) is 50.7 Å². The Morgan fingerprint density at radius 3 is 2.69 bits per heavy atom. The molecule has 4 aliphatic carbocycles. The lowest BCUT2D eigenvalue weighted by Crippen LogP contribution is -2.54. The number of carbonyl (C=O) groups excluding carboxylic acids is 2. The van der Waals surface area contributed by atoms with Crippen molar-refractivity contribution in [3.05, 3.63) is 11.6 Å². The van der Waals surface area contributed by atoms with Crippen LogP contribution in [0.4, 0.5) is 0 Å². The maximum absolute atomic E-state index is 12.4. The smallest absolute Gasteiger partial charge is 0.328 e. The van der Waals surface area contributed by atoms with E-state index in [1.165, 1.54) is 12.7 Å². The van der Waals surface area contributed by atoms with Crippen LogP contribution in [-0.4, -0.2) is 53.9 Å². The number of carbonyl (C=O) groups is 2. The number of amides is 1. The Kier molecular flexibility index (Phi) is 8.46. The van der Waals surface area contributed by atoms with Gasteiger partial charge in [-0.25, -0.2) is 4.79 Å². The minimum absolute atomic E-state index is 0.0341. The average molecular weight is 541 g/mol. The molecule has 0 aliphatic heterocycles. The standard InChI is InChI=1S/C30H44N4O5/c1-5-30(37)16-13-23-21-10-9-19-17-20(11-14-28(19,2)22(21)12-15-29(23,30)3)34-39-18-26(35)33-24(27(36)38-4)7-6-8-25(31)32/h1,17,21-24,37H,6-16,18H2,2-4H3,(H3,31,32)(H,33,35)/b34-20-/t21-,22+,23+,24+,28+,29+,30-/m1/s1. The lowest BCUT2D eigenvalue weighted by Gasteiger charge is -2.58. The van der Waals surface area contributed by atoms with Gasteiger partial charge in [-0.3, -0.25) is 10.2 Å². The molecule has 0 heterocycles. The fourth-order valence-corrected chi connectivity index (χ4v) is 8.19. The molecule has 0 bridgehead atoms. The molecule has 1 amide bonds. The van der Waals surface area contributed by atoms with Crippen molar-refractivity contribution >= 4 is 23.4 Å². The number of hydrogen-bond donors (Lipinski definition) is 4. The predicted molar refractivity (Wildman–Crippen MR) is 149 cm³/mol. The number of ether oxygens (including phenoxy) is 1. The second-order valence-electron chi connectivity index (χ2n) is 12.4. The van der Waals surface area contributed by atoms with Gasteiger partial charge in [0.1, 0.15) is 11.6 Å². The second kappa shape index (κ2) is 11.3. The zero-order valence-electron chi connectivity index (χ0n) is 23.6. The lowest BCUT2D eigenvalue weighted by atomic mass is 9.46. The molecule has 4 aliphatic rings. The van der Waals surface area contributed by atoms with E-state index < -0.39 is 23.5 Å². The van der Waals surface area contributed by atoms with Crippen LogP contribution in [0.2, 0.25) is 0 Å². The van der Waals surface area contributed by atoms with E-state index >= 15 is 0 Å². The third-order valence-corrected chi connectivity index (χ3v) is 10.5. The van der Waals surface area contributed by atoms with Crippen molar-refractivity contribution in [2.24, 2.45) is 39.5 Å². The largest absolute Gasteiger partial charge is 0.467 e. The van der Waals surface area contributed by atoms with Crippen LogP contribution in [0.25, 0.3) is 0 Å². The summed E-state index contributed by atoms with van der Waals surface area (Å²) in [5.41, 5.74) is 6.54. The Balaban J connectivity index is 1.35. The number of oxime groups is 1. The molecular weight excluding hydrogens is 496 g/mol. The first kappa shape index (κ1) is 29.1. The molecule has 0 saturated heterocycles. The van der Waals surface area contributed by atoms with Gasteiger partial charge in [0.25, 0.3) is 5.91 Å². The molecule has 5 N–H and O–H groups in total. The van der Waals surface area contributed by atoms with E-state index in [0.29, 0.717) is 43.4 Å². The van der Waals surface area contributed by atoms with Gasteiger partial charge in [-0.05, 0) is 93.5 Å². The van der Waals surface area contributed by atoms with Gasteiger partial charge in [-0.15, -0.1) is 6.42 Å². The van der Waals surface area contributed by atoms with Crippen molar-refractivity contribution in [2.45, 2.75) is 96.1 Å². The molecule has 214 valence electrons. The maximum Gasteiger partial charge on any atom is 0.328 e. The van der Waals surface area contributed by atoms with Gasteiger partial charge in [0.15, 0.2) is 6.61 Å². The normalized spacial score (nSPS) is 36.8. The molecule has 0 unspecified atom stereocenters. The number of nitrogens with one attached hydrogen (secondary N) is 2. The highest BCUT2D eigenvalue weighted by atomic mass is 16.6. The fourth-order valence-electron chi connectivity index (χ4n) is 8.19. The predicted octanol–water partition coefficient (Wildman–Crippen LogP) is 3.45. The van der Waals surface area contributed by atoms with Crippen molar-refractivity contribution < 1.29 is 24.3 Å². The lowest BCUT2D eigenvalue weighted by molar-refractivity contribution is -0.145. The molecule has 0 spiro atoms. The van der Waals surface area contributed by atoms with Crippen LogP contribution >= 0.6 is 0 Å². The van der Waals surface area contributed by atoms with Gasteiger partial charge < -0.3 is 25.7 Å². The van der Waals surface area contributed by atoms with Crippen LogP contribution in [0, 0.1) is 46.3 Å². The Bertz CT molecular complexity index is 1100. The van der Waals surface area contributed by atoms with Crippen LogP contribution in [0.15, 0.2) is 16.8 Å². The summed E-state index contributed by atoms with van der Waals surface area (Å²) < 4.78 is 4.78. The van der Waals surface area contributed by atoms with E-state index in [1.807, 2.05) is 0 Å². The number of methoxy groups -OCH3 is 1. The Morgan fingerprint density at radius 2 is 2.00 bits per heavy atom. The number of fused-ring (bicyclic) bond motifs is 5. The molecule has 9 heteroatoms. The quantitative estimate of drug-likeness (QED) is 0.116. The molecule has 3 fully saturated rings. The highest BCUT2D eigenvalue weighted by Gasteiger charge is 2.63. The number of allylic oxidation sites excluding steroid dienone is 2. The van der Waals surface area contributed by atoms with E-state index in [1.54, 1.807) is 0 Å². The topological polar surface area (TPSA) is 147 Å². The van der Waals surface area contributed by atoms with Gasteiger partial charge in [0.05, 0.1) is 18.7 Å². The van der Waals surface area contributed by atoms with Crippen LogP contribution in [0.5, 0.6) is 0 Å². The Labute approximate surface area is 231 Å². The number of nitrogens with two attached hydrogens (primary N) is 1. The highest BCUT2D eigenvalue weighted by Crippen LogP contribution is 2.67. The summed E-state index contributed by atoms with van der Waals surface area (Å²) in [6.45, 7) is 4.31. The SMILES string of the molecule is C#C[C@@]1(O)CC[C@H]2[C@@H]3CCC4=C/C(=N\OCC(=O)N[C@@H](CCCC(=N)N)C(=O)OC)CC[C@]4(C)[C@H]3CC[C@@]21C. The van der Waals surface area contributed by atoms with Gasteiger partial charge in [-0.2, -0.15) is 0 Å². The fraction of sp³-hybridized carbons (Fsp3) is 0.733. The molecule has 39 heavy (non-hydrogen) atoms. The molecular formula is C30H44N4O5. The van der Waals surface area contributed by atoms with Gasteiger partial charge in [-0.1, -0.05) is 30.5 Å². The molecule has 4 rings (SSSR count). The van der Waals surface area contributed by atoms with Crippen LogP contribution < -0.4 is 11.1 Å². The molecule has 0 radical (unpaired) electrons. The van der Waals surface area contributed by atoms with E-state index in [2.05, 4.69) is 36.3 Å². The second-order valence-corrected chi connectivity index (χ2v) is 12.4. The summed E-state index contributed by atoms with van der Waals surface area (Å²) >= 11 is 0. The summed E-state index contributed by atoms with van der Waals surface area (Å²) in [4.78, 5) is 29.8. The summed E-state index contributed by atoms with van der Waals surface area (Å²) in [7, 11) is 1.27. The Hall–Kier alpha value is -2.86. The monoisotopic (exact) mass is 540 g/mol. The molecule has 0 aromatic heterocycles. The van der Waals surface area contributed by atoms with Gasteiger partial charge >= 0.3 is 5.97 Å². The summed E-state index contributed by atoms with van der Waals surface area (Å²) in [5.74, 6) is 3.39. The average Bonchev–Trinajstić information content (AvgIpc) is 3.18. The van der Waals surface area contributed by atoms with Crippen molar-refractivity contribution in [3.8, 4) is 12.3 Å². The highest BCUT2D eigenvalue weighted by molar-refractivity contribution is 5.96. The van der Waals surface area contributed by atoms with Crippen molar-refractivity contribution in [2.75, 3.05) is 13.7 Å². The number of esters is 1. The summed E-state index contributed by atoms with van der Waals surface area (Å²) in [6, 6.07) is -0.820. The third kappa shape index (κ3) is 5.45. The number of hydrogen-bond acceptors (Lipinski definition) is 7. The number of amidine groups is 1. The first-order valence-electron chi connectivity index (χ1n) is 14.3. The molecule has 0 aromatic carbocycles. The van der Waals surface area contributed by atoms with Crippen molar-refractivity contribution in [3.63, 3.8) is 0 Å². The van der Waals surface area contributed by atoms with E-state index in [-0.39, 0.29) is 23.3 Å². The van der Waals surface area contributed by atoms with Gasteiger partial charge in [0, 0.05) is 11.8 Å². The molecule has 3 saturated carbocycles. The molecule has 9 nitrogen and oxygen atoms in total. The zero-order valence-corrected chi connectivity index (χ0v) is 23.6. The maximum atomic E-state index is 12.4. The van der Waals surface area contributed by atoms with E-state index in [9.17, 15) is 14.7 Å². The van der Waals surface area contributed by atoms with Crippen LogP contribution in [0.1, 0.15) is 84.5 Å². The summed E-state index contributed by atoms with van der Waals surface area (Å²) in [5, 5.41) is 25.4. The molecule has 7 atom stereocenters. The van der Waals surface area contributed by atoms with Crippen molar-refractivity contribution in [1.29, 1.82) is 5.41 Å². The number of terminal acetylenes is 1. The number of nitrogens with zero attached hydrogens (tertiary/aromatic N) is 1. The number of rotatable bonds is 9. The minimum Gasteiger partial charge on any atom is -0.467 e. The van der Waals surface area contributed by atoms with Crippen LogP contribution in [0.3, 0.4) is 0 Å². The van der Waals surface area contributed by atoms with Crippen LogP contribution in [-0.2, 0) is 19.2 Å². The minimum atomic E-state index is -0.985. The molecule has 0 aromatic rings. The van der Waals surface area contributed by atoms with Gasteiger partial charge in [0.2, 0.25) is 0 Å². The van der Waals surface area contributed by atoms with Crippen molar-refractivity contribution in [1.82, 2.24) is 5.32 Å². The third-order valence-electron chi connectivity index (χ3n) is 10.5. The first-order chi connectivity index (χ1) is 18.5. The number of aliphatic hydroxyl groups is 1. The zero-order chi connectivity index (χ0) is 28.4. The Morgan fingerprint density at radius 1 is 1.26 bits per heavy atom.